The van der Waals surface area contributed by atoms with Gasteiger partial charge in [0.2, 0.25) is 10.0 Å². The molecule has 1 aromatic carbocycles. The quantitative estimate of drug-likeness (QED) is 0.631. The van der Waals surface area contributed by atoms with E-state index in [0.29, 0.717) is 43.4 Å². The molecule has 5 rings (SSSR count). The van der Waals surface area contributed by atoms with Crippen LogP contribution in [0.25, 0.3) is 0 Å². The van der Waals surface area contributed by atoms with E-state index >= 15 is 0 Å². The van der Waals surface area contributed by atoms with Gasteiger partial charge in [0.1, 0.15) is 5.82 Å². The summed E-state index contributed by atoms with van der Waals surface area (Å²) in [5, 5.41) is 9.86. The number of carbonyl (C=O) groups is 1. The van der Waals surface area contributed by atoms with Crippen molar-refractivity contribution < 1.29 is 23.1 Å². The number of ether oxygens (including phenoxy) is 1. The Kier molecular flexibility index (Phi) is 6.46. The molecule has 0 spiro atoms. The minimum Gasteiger partial charge on any atom is -0.465 e. The Balaban J connectivity index is 1.21. The van der Waals surface area contributed by atoms with Crippen LogP contribution in [0.5, 0.6) is 0 Å². The Hall–Kier alpha value is -2.69. The van der Waals surface area contributed by atoms with Crippen molar-refractivity contribution in [1.29, 1.82) is 0 Å². The van der Waals surface area contributed by atoms with Gasteiger partial charge in [-0.05, 0) is 53.0 Å². The second kappa shape index (κ2) is 9.32. The van der Waals surface area contributed by atoms with Gasteiger partial charge in [-0.15, -0.1) is 0 Å². The van der Waals surface area contributed by atoms with Crippen LogP contribution in [0.4, 0.5) is 16.3 Å². The van der Waals surface area contributed by atoms with Crippen LogP contribution in [0.3, 0.4) is 0 Å². The summed E-state index contributed by atoms with van der Waals surface area (Å²) >= 11 is 0. The molecule has 36 heavy (non-hydrogen) atoms. The molecule has 3 fully saturated rings. The van der Waals surface area contributed by atoms with Gasteiger partial charge in [-0.1, -0.05) is 32.9 Å². The molecule has 2 aliphatic heterocycles. The van der Waals surface area contributed by atoms with Crippen LogP contribution < -0.4 is 9.80 Å². The highest BCUT2D eigenvalue weighted by molar-refractivity contribution is 7.89. The maximum atomic E-state index is 13.2. The second-order valence-electron chi connectivity index (χ2n) is 11.0. The lowest BCUT2D eigenvalue weighted by Gasteiger charge is -2.28. The molecule has 10 heteroatoms. The van der Waals surface area contributed by atoms with Gasteiger partial charge in [0, 0.05) is 32.7 Å². The number of fused-ring (bicyclic) bond motifs is 1. The van der Waals surface area contributed by atoms with Crippen LogP contribution in [-0.4, -0.2) is 74.8 Å². The molecule has 2 atom stereocenters. The lowest BCUT2D eigenvalue weighted by Crippen LogP contribution is -2.37. The summed E-state index contributed by atoms with van der Waals surface area (Å²) < 4.78 is 33.3. The SMILES string of the molecule is CC(C)(C)c1ccc(S(=O)(=O)N2CC3C(CN(C(=O)O)c4ccc(N5CCOCC5)nc4)C3C2)cc1. The highest BCUT2D eigenvalue weighted by Gasteiger charge is 2.58. The molecule has 3 heterocycles. The van der Waals surface area contributed by atoms with Gasteiger partial charge in [-0.3, -0.25) is 4.90 Å². The highest BCUT2D eigenvalue weighted by atomic mass is 32.2. The minimum atomic E-state index is -3.56. The third kappa shape index (κ3) is 4.81. The number of amides is 1. The predicted octanol–water partition coefficient (Wildman–Crippen LogP) is 3.27. The Morgan fingerprint density at radius 2 is 1.72 bits per heavy atom. The number of sulfonamides is 1. The number of nitrogens with zero attached hydrogens (tertiary/aromatic N) is 4. The van der Waals surface area contributed by atoms with Crippen molar-refractivity contribution in [3.05, 3.63) is 48.2 Å². The third-order valence-corrected chi connectivity index (χ3v) is 9.55. The number of morpholine rings is 1. The van der Waals surface area contributed by atoms with Crippen LogP contribution in [0, 0.1) is 17.8 Å². The standard InChI is InChI=1S/C26H34N4O5S/c1-26(2,3)18-4-7-20(8-5-18)36(33,34)29-15-21-22(16-29)23(21)17-30(25(31)32)19-6-9-24(27-14-19)28-10-12-35-13-11-28/h4-9,14,21-23H,10-13,15-17H2,1-3H3,(H,31,32). The summed E-state index contributed by atoms with van der Waals surface area (Å²) in [6, 6.07) is 10.8. The summed E-state index contributed by atoms with van der Waals surface area (Å²) in [4.78, 5) is 20.3. The molecular weight excluding hydrogens is 480 g/mol. The Bertz CT molecular complexity index is 1190. The minimum absolute atomic E-state index is 0.0425. The molecule has 1 aromatic heterocycles. The van der Waals surface area contributed by atoms with Gasteiger partial charge in [-0.25, -0.2) is 18.2 Å². The number of benzene rings is 1. The van der Waals surface area contributed by atoms with E-state index < -0.39 is 16.1 Å². The molecule has 2 aromatic rings. The number of piperidine rings is 1. The lowest BCUT2D eigenvalue weighted by molar-refractivity contribution is 0.122. The summed E-state index contributed by atoms with van der Waals surface area (Å²) in [7, 11) is -3.56. The van der Waals surface area contributed by atoms with Crippen LogP contribution in [0.15, 0.2) is 47.5 Å². The fourth-order valence-corrected chi connectivity index (χ4v) is 6.89. The lowest BCUT2D eigenvalue weighted by atomic mass is 9.87. The third-order valence-electron chi connectivity index (χ3n) is 7.70. The molecule has 194 valence electrons. The number of pyridine rings is 1. The summed E-state index contributed by atoms with van der Waals surface area (Å²) in [6.45, 7) is 10.3. The van der Waals surface area contributed by atoms with E-state index in [0.717, 1.165) is 24.5 Å². The van der Waals surface area contributed by atoms with Crippen molar-refractivity contribution in [2.24, 2.45) is 17.8 Å². The van der Waals surface area contributed by atoms with Gasteiger partial charge in [0.15, 0.2) is 0 Å². The zero-order chi connectivity index (χ0) is 25.7. The molecule has 2 saturated heterocycles. The van der Waals surface area contributed by atoms with E-state index in [-0.39, 0.29) is 23.2 Å². The van der Waals surface area contributed by atoms with Crippen molar-refractivity contribution in [3.8, 4) is 0 Å². The van der Waals surface area contributed by atoms with Crippen LogP contribution >= 0.6 is 0 Å². The van der Waals surface area contributed by atoms with E-state index in [9.17, 15) is 18.3 Å². The number of rotatable bonds is 6. The van der Waals surface area contributed by atoms with Crippen LogP contribution in [0.2, 0.25) is 0 Å². The number of hydrogen-bond donors (Lipinski definition) is 1. The van der Waals surface area contributed by atoms with E-state index in [1.54, 1.807) is 28.7 Å². The molecule has 1 amide bonds. The summed E-state index contributed by atoms with van der Waals surface area (Å²) in [5.41, 5.74) is 1.58. The van der Waals surface area contributed by atoms with Gasteiger partial charge >= 0.3 is 6.09 Å². The molecular formula is C26H34N4O5S. The molecule has 0 radical (unpaired) electrons. The van der Waals surface area contributed by atoms with E-state index in [1.165, 1.54) is 4.90 Å². The van der Waals surface area contributed by atoms with E-state index in [1.807, 2.05) is 18.2 Å². The zero-order valence-electron chi connectivity index (χ0n) is 21.0. The average Bonchev–Trinajstić information content (AvgIpc) is 3.28. The molecule has 0 bridgehead atoms. The van der Waals surface area contributed by atoms with Crippen molar-refractivity contribution in [1.82, 2.24) is 9.29 Å². The number of aromatic nitrogens is 1. The van der Waals surface area contributed by atoms with Gasteiger partial charge in [0.05, 0.1) is 30.0 Å². The van der Waals surface area contributed by atoms with Crippen LogP contribution in [0.1, 0.15) is 26.3 Å². The first-order valence-corrected chi connectivity index (χ1v) is 13.9. The normalized spacial score (nSPS) is 24.4. The summed E-state index contributed by atoms with van der Waals surface area (Å²) in [5.74, 6) is 1.31. The molecule has 1 N–H and O–H groups in total. The summed E-state index contributed by atoms with van der Waals surface area (Å²) in [6.07, 6.45) is 0.582. The average molecular weight is 515 g/mol. The monoisotopic (exact) mass is 514 g/mol. The highest BCUT2D eigenvalue weighted by Crippen LogP contribution is 2.53. The topological polar surface area (TPSA) is 103 Å². The van der Waals surface area contributed by atoms with Crippen molar-refractivity contribution in [2.75, 3.05) is 55.7 Å². The maximum Gasteiger partial charge on any atom is 0.411 e. The van der Waals surface area contributed by atoms with Crippen molar-refractivity contribution >= 4 is 27.6 Å². The van der Waals surface area contributed by atoms with E-state index in [2.05, 4.69) is 30.7 Å². The van der Waals surface area contributed by atoms with Crippen molar-refractivity contribution in [3.63, 3.8) is 0 Å². The number of hydrogen-bond acceptors (Lipinski definition) is 6. The molecule has 1 aliphatic carbocycles. The predicted molar refractivity (Wildman–Crippen MR) is 137 cm³/mol. The smallest absolute Gasteiger partial charge is 0.411 e. The molecule has 9 nitrogen and oxygen atoms in total. The van der Waals surface area contributed by atoms with Crippen molar-refractivity contribution in [2.45, 2.75) is 31.1 Å². The number of carboxylic acid groups (broad SMARTS) is 1. The van der Waals surface area contributed by atoms with Gasteiger partial charge in [-0.2, -0.15) is 4.31 Å². The van der Waals surface area contributed by atoms with Crippen LogP contribution in [-0.2, 0) is 20.2 Å². The first-order valence-electron chi connectivity index (χ1n) is 12.5. The molecule has 1 saturated carbocycles. The fourth-order valence-electron chi connectivity index (χ4n) is 5.38. The zero-order valence-corrected chi connectivity index (χ0v) is 21.8. The van der Waals surface area contributed by atoms with E-state index in [4.69, 9.17) is 4.74 Å². The van der Waals surface area contributed by atoms with Gasteiger partial charge < -0.3 is 14.7 Å². The Labute approximate surface area is 212 Å². The second-order valence-corrected chi connectivity index (χ2v) is 12.9. The molecule has 3 aliphatic rings. The Morgan fingerprint density at radius 1 is 1.08 bits per heavy atom. The fraction of sp³-hybridized carbons (Fsp3) is 0.538. The first-order chi connectivity index (χ1) is 17.1. The largest absolute Gasteiger partial charge is 0.465 e. The number of anilines is 2. The van der Waals surface area contributed by atoms with Gasteiger partial charge in [0.25, 0.3) is 0 Å². The first kappa shape index (κ1) is 25.0. The Morgan fingerprint density at radius 3 is 2.25 bits per heavy atom. The maximum absolute atomic E-state index is 13.2. The molecule has 2 unspecified atom stereocenters.